The molecule has 0 spiro atoms. The van der Waals surface area contributed by atoms with Crippen LogP contribution in [0.1, 0.15) is 36.1 Å². The number of aromatic nitrogens is 1. The zero-order chi connectivity index (χ0) is 15.2. The van der Waals surface area contributed by atoms with Gasteiger partial charge in [0.2, 0.25) is 0 Å². The largest absolute Gasteiger partial charge is 0.310 e. The van der Waals surface area contributed by atoms with Gasteiger partial charge >= 0.3 is 0 Å². The average Bonchev–Trinajstić information content (AvgIpc) is 2.46. The van der Waals surface area contributed by atoms with Gasteiger partial charge in [-0.2, -0.15) is 0 Å². The number of nitrogens with one attached hydrogen (secondary N) is 1. The number of pyridine rings is 1. The predicted molar refractivity (Wildman–Crippen MR) is 92.9 cm³/mol. The summed E-state index contributed by atoms with van der Waals surface area (Å²) in [5.74, 6) is 0. The summed E-state index contributed by atoms with van der Waals surface area (Å²) in [5.41, 5.74) is 3.65. The Kier molecular flexibility index (Phi) is 6.22. The third-order valence-corrected chi connectivity index (χ3v) is 4.36. The molecule has 0 amide bonds. The molecule has 0 aliphatic heterocycles. The molecule has 2 aromatic rings. The molecule has 0 aliphatic carbocycles. The molecule has 0 fully saturated rings. The first-order valence-electron chi connectivity index (χ1n) is 7.19. The van der Waals surface area contributed by atoms with Crippen molar-refractivity contribution in [3.05, 3.63) is 62.8 Å². The Morgan fingerprint density at radius 1 is 1.33 bits per heavy atom. The van der Waals surface area contributed by atoms with Crippen LogP contribution in [0.15, 0.2) is 41.1 Å². The smallest absolute Gasteiger partial charge is 0.0449 e. The Morgan fingerprint density at radius 2 is 2.14 bits per heavy atom. The molecular weight excluding hydrogens is 348 g/mol. The van der Waals surface area contributed by atoms with Crippen molar-refractivity contribution in [2.24, 2.45) is 0 Å². The van der Waals surface area contributed by atoms with Gasteiger partial charge in [0.1, 0.15) is 0 Å². The highest BCUT2D eigenvalue weighted by atomic mass is 79.9. The number of halogens is 2. The maximum Gasteiger partial charge on any atom is 0.0449 e. The highest BCUT2D eigenvalue weighted by Gasteiger charge is 2.15. The van der Waals surface area contributed by atoms with Crippen LogP contribution in [0.3, 0.4) is 0 Å². The quantitative estimate of drug-likeness (QED) is 0.769. The van der Waals surface area contributed by atoms with Crippen molar-refractivity contribution in [2.45, 2.75) is 32.7 Å². The molecule has 1 heterocycles. The number of rotatable bonds is 6. The molecule has 1 aromatic heterocycles. The molecule has 112 valence electrons. The van der Waals surface area contributed by atoms with Gasteiger partial charge in [-0.3, -0.25) is 4.98 Å². The molecule has 21 heavy (non-hydrogen) atoms. The molecule has 0 radical (unpaired) electrons. The number of benzene rings is 1. The van der Waals surface area contributed by atoms with Gasteiger partial charge in [0.05, 0.1) is 0 Å². The van der Waals surface area contributed by atoms with E-state index in [1.807, 2.05) is 24.5 Å². The van der Waals surface area contributed by atoms with E-state index < -0.39 is 0 Å². The van der Waals surface area contributed by atoms with E-state index in [0.717, 1.165) is 34.4 Å². The first-order chi connectivity index (χ1) is 10.1. The van der Waals surface area contributed by atoms with Crippen molar-refractivity contribution in [3.63, 3.8) is 0 Å². The number of aryl methyl sites for hydroxylation is 1. The lowest BCUT2D eigenvalue weighted by molar-refractivity contribution is 0.526. The van der Waals surface area contributed by atoms with Crippen molar-refractivity contribution in [1.29, 1.82) is 0 Å². The van der Waals surface area contributed by atoms with Gasteiger partial charge in [-0.05, 0) is 61.2 Å². The van der Waals surface area contributed by atoms with Crippen LogP contribution in [0.5, 0.6) is 0 Å². The van der Waals surface area contributed by atoms with Gasteiger partial charge in [0, 0.05) is 27.9 Å². The second-order valence-electron chi connectivity index (χ2n) is 5.18. The Morgan fingerprint density at radius 3 is 2.81 bits per heavy atom. The molecule has 0 saturated heterocycles. The van der Waals surface area contributed by atoms with E-state index in [-0.39, 0.29) is 6.04 Å². The lowest BCUT2D eigenvalue weighted by atomic mass is 9.96. The lowest BCUT2D eigenvalue weighted by Gasteiger charge is -2.21. The van der Waals surface area contributed by atoms with Crippen LogP contribution in [-0.4, -0.2) is 11.5 Å². The van der Waals surface area contributed by atoms with E-state index >= 15 is 0 Å². The van der Waals surface area contributed by atoms with Crippen LogP contribution >= 0.6 is 27.5 Å². The van der Waals surface area contributed by atoms with E-state index in [2.05, 4.69) is 52.2 Å². The van der Waals surface area contributed by atoms with Crippen LogP contribution in [0.4, 0.5) is 0 Å². The average molecular weight is 368 g/mol. The standard InChI is InChI=1S/C17H20BrClN2/c1-3-7-21-17(15-6-8-20-11-12(15)2)9-13-4-5-14(18)10-16(13)19/h4-6,8,10-11,17,21H,3,7,9H2,1-2H3. The monoisotopic (exact) mass is 366 g/mol. The molecule has 4 heteroatoms. The SMILES string of the molecule is CCCNC(Cc1ccc(Br)cc1Cl)c1ccncc1C. The molecule has 0 saturated carbocycles. The minimum atomic E-state index is 0.256. The summed E-state index contributed by atoms with van der Waals surface area (Å²) in [6.07, 6.45) is 5.75. The molecule has 1 atom stereocenters. The molecule has 0 bridgehead atoms. The maximum atomic E-state index is 6.36. The first-order valence-corrected chi connectivity index (χ1v) is 8.36. The fraction of sp³-hybridized carbons (Fsp3) is 0.353. The zero-order valence-corrected chi connectivity index (χ0v) is 14.7. The van der Waals surface area contributed by atoms with Crippen LogP contribution in [0.2, 0.25) is 5.02 Å². The summed E-state index contributed by atoms with van der Waals surface area (Å²) in [6, 6.07) is 8.43. The second kappa shape index (κ2) is 7.92. The molecule has 0 aliphatic rings. The fourth-order valence-electron chi connectivity index (χ4n) is 2.39. The van der Waals surface area contributed by atoms with E-state index in [1.165, 1.54) is 11.1 Å². The highest BCUT2D eigenvalue weighted by Crippen LogP contribution is 2.27. The van der Waals surface area contributed by atoms with Crippen molar-refractivity contribution in [3.8, 4) is 0 Å². The minimum Gasteiger partial charge on any atom is -0.310 e. The summed E-state index contributed by atoms with van der Waals surface area (Å²) in [4.78, 5) is 4.18. The molecule has 1 aromatic carbocycles. The third-order valence-electron chi connectivity index (χ3n) is 3.52. The number of hydrogen-bond acceptors (Lipinski definition) is 2. The van der Waals surface area contributed by atoms with Crippen LogP contribution in [0.25, 0.3) is 0 Å². The van der Waals surface area contributed by atoms with Gasteiger partial charge in [-0.1, -0.05) is 40.5 Å². The summed E-state index contributed by atoms with van der Waals surface area (Å²) in [5, 5.41) is 4.42. The number of hydrogen-bond donors (Lipinski definition) is 1. The Bertz CT molecular complexity index is 601. The van der Waals surface area contributed by atoms with Gasteiger partial charge < -0.3 is 5.32 Å². The van der Waals surface area contributed by atoms with E-state index in [9.17, 15) is 0 Å². The Hall–Kier alpha value is -0.900. The molecule has 1 unspecified atom stereocenters. The normalized spacial score (nSPS) is 12.4. The molecular formula is C17H20BrClN2. The molecule has 1 N–H and O–H groups in total. The summed E-state index contributed by atoms with van der Waals surface area (Å²) < 4.78 is 1.01. The van der Waals surface area contributed by atoms with E-state index in [1.54, 1.807) is 0 Å². The van der Waals surface area contributed by atoms with E-state index in [4.69, 9.17) is 11.6 Å². The topological polar surface area (TPSA) is 24.9 Å². The molecule has 2 rings (SSSR count). The Balaban J connectivity index is 2.26. The van der Waals surface area contributed by atoms with Crippen LogP contribution in [-0.2, 0) is 6.42 Å². The highest BCUT2D eigenvalue weighted by molar-refractivity contribution is 9.10. The minimum absolute atomic E-state index is 0.256. The zero-order valence-electron chi connectivity index (χ0n) is 12.4. The van der Waals surface area contributed by atoms with E-state index in [0.29, 0.717) is 0 Å². The Labute approximate surface area is 140 Å². The maximum absolute atomic E-state index is 6.36. The van der Waals surface area contributed by atoms with Crippen molar-refractivity contribution >= 4 is 27.5 Å². The first kappa shape index (κ1) is 16.5. The number of nitrogens with zero attached hydrogens (tertiary/aromatic N) is 1. The summed E-state index contributed by atoms with van der Waals surface area (Å²) in [7, 11) is 0. The lowest BCUT2D eigenvalue weighted by Crippen LogP contribution is -2.25. The van der Waals surface area contributed by atoms with Crippen molar-refractivity contribution in [1.82, 2.24) is 10.3 Å². The fourth-order valence-corrected chi connectivity index (χ4v) is 3.14. The van der Waals surface area contributed by atoms with Crippen molar-refractivity contribution in [2.75, 3.05) is 6.54 Å². The second-order valence-corrected chi connectivity index (χ2v) is 6.50. The van der Waals surface area contributed by atoms with Crippen LogP contribution in [0, 0.1) is 6.92 Å². The summed E-state index contributed by atoms with van der Waals surface area (Å²) in [6.45, 7) is 5.27. The summed E-state index contributed by atoms with van der Waals surface area (Å²) >= 11 is 9.82. The van der Waals surface area contributed by atoms with Gasteiger partial charge in [0.15, 0.2) is 0 Å². The third kappa shape index (κ3) is 4.53. The van der Waals surface area contributed by atoms with Gasteiger partial charge in [-0.15, -0.1) is 0 Å². The van der Waals surface area contributed by atoms with Crippen LogP contribution < -0.4 is 5.32 Å². The van der Waals surface area contributed by atoms with Gasteiger partial charge in [0.25, 0.3) is 0 Å². The van der Waals surface area contributed by atoms with Crippen molar-refractivity contribution < 1.29 is 0 Å². The predicted octanol–water partition coefficient (Wildman–Crippen LogP) is 5.09. The molecule has 2 nitrogen and oxygen atoms in total. The van der Waals surface area contributed by atoms with Gasteiger partial charge in [-0.25, -0.2) is 0 Å².